The predicted octanol–water partition coefficient (Wildman–Crippen LogP) is 1.68. The van der Waals surface area contributed by atoms with Crippen molar-refractivity contribution in [2.24, 2.45) is 16.7 Å². The maximum Gasteiger partial charge on any atom is 0.226 e. The molecule has 1 saturated carbocycles. The van der Waals surface area contributed by atoms with E-state index in [0.717, 1.165) is 38.8 Å². The van der Waals surface area contributed by atoms with Crippen molar-refractivity contribution in [3.8, 4) is 0 Å². The van der Waals surface area contributed by atoms with Crippen LogP contribution in [0, 0.1) is 16.7 Å². The summed E-state index contributed by atoms with van der Waals surface area (Å²) in [7, 11) is 0. The van der Waals surface area contributed by atoms with Crippen LogP contribution in [0.2, 0.25) is 0 Å². The fraction of sp³-hybridized carbons (Fsp3) is 0.938. The third-order valence-electron chi connectivity index (χ3n) is 5.53. The van der Waals surface area contributed by atoms with Crippen LogP contribution in [-0.2, 0) is 4.79 Å². The van der Waals surface area contributed by atoms with Gasteiger partial charge in [-0.3, -0.25) is 4.79 Å². The van der Waals surface area contributed by atoms with Gasteiger partial charge in [-0.25, -0.2) is 0 Å². The van der Waals surface area contributed by atoms with Gasteiger partial charge in [0.15, 0.2) is 0 Å². The fourth-order valence-corrected chi connectivity index (χ4v) is 3.66. The number of aliphatic hydroxyl groups is 1. The van der Waals surface area contributed by atoms with Gasteiger partial charge >= 0.3 is 0 Å². The second-order valence-corrected chi connectivity index (χ2v) is 7.31. The van der Waals surface area contributed by atoms with E-state index in [2.05, 4.69) is 24.5 Å². The predicted molar refractivity (Wildman–Crippen MR) is 80.4 cm³/mol. The minimum Gasteiger partial charge on any atom is -0.396 e. The van der Waals surface area contributed by atoms with E-state index in [-0.39, 0.29) is 23.3 Å². The maximum absolute atomic E-state index is 12.6. The first-order valence-corrected chi connectivity index (χ1v) is 8.10. The number of aliphatic hydroxyl groups excluding tert-OH is 1. The van der Waals surface area contributed by atoms with E-state index in [1.165, 1.54) is 12.8 Å². The van der Waals surface area contributed by atoms with Crippen LogP contribution in [0.5, 0.6) is 0 Å². The van der Waals surface area contributed by atoms with Gasteiger partial charge in [0.05, 0.1) is 6.61 Å². The van der Waals surface area contributed by atoms with E-state index >= 15 is 0 Å². The average molecular weight is 282 g/mol. The van der Waals surface area contributed by atoms with Crippen molar-refractivity contribution in [1.82, 2.24) is 10.6 Å². The average Bonchev–Trinajstić information content (AvgIpc) is 2.95. The van der Waals surface area contributed by atoms with Crippen LogP contribution in [0.15, 0.2) is 0 Å². The molecule has 1 aliphatic carbocycles. The summed E-state index contributed by atoms with van der Waals surface area (Å²) in [5.41, 5.74) is -0.390. The normalized spacial score (nSPS) is 26.4. The van der Waals surface area contributed by atoms with E-state index in [1.54, 1.807) is 0 Å². The van der Waals surface area contributed by atoms with Crippen molar-refractivity contribution < 1.29 is 9.90 Å². The van der Waals surface area contributed by atoms with Gasteiger partial charge < -0.3 is 15.7 Å². The van der Waals surface area contributed by atoms with Crippen molar-refractivity contribution in [1.29, 1.82) is 0 Å². The molecule has 1 heterocycles. The Kier molecular flexibility index (Phi) is 5.08. The second kappa shape index (κ2) is 6.44. The number of rotatable bonds is 5. The molecule has 116 valence electrons. The lowest BCUT2D eigenvalue weighted by molar-refractivity contribution is -0.133. The zero-order valence-electron chi connectivity index (χ0n) is 13.0. The minimum absolute atomic E-state index is 0.0590. The topological polar surface area (TPSA) is 61.4 Å². The van der Waals surface area contributed by atoms with Crippen molar-refractivity contribution >= 4 is 5.91 Å². The summed E-state index contributed by atoms with van der Waals surface area (Å²) >= 11 is 0. The number of piperidine rings is 1. The first-order valence-electron chi connectivity index (χ1n) is 8.10. The zero-order valence-corrected chi connectivity index (χ0v) is 13.0. The molecule has 2 fully saturated rings. The zero-order chi connectivity index (χ0) is 14.6. The Morgan fingerprint density at radius 2 is 2.05 bits per heavy atom. The molecule has 0 aromatic carbocycles. The SMILES string of the molecule is CC(C)(C(=O)NCC1(CO)CCCC1)C1CCCNC1. The molecule has 1 unspecified atom stereocenters. The standard InChI is InChI=1S/C16H30N2O2/c1-15(2,13-6-5-9-17-10-13)14(20)18-11-16(12-19)7-3-4-8-16/h13,17,19H,3-12H2,1-2H3,(H,18,20). The van der Waals surface area contributed by atoms with Gasteiger partial charge in [-0.05, 0) is 44.7 Å². The number of amides is 1. The molecular formula is C16H30N2O2. The molecule has 1 atom stereocenters. The maximum atomic E-state index is 12.6. The van der Waals surface area contributed by atoms with Gasteiger partial charge in [-0.2, -0.15) is 0 Å². The largest absolute Gasteiger partial charge is 0.396 e. The molecule has 0 spiro atoms. The van der Waals surface area contributed by atoms with Gasteiger partial charge in [0, 0.05) is 17.4 Å². The molecular weight excluding hydrogens is 252 g/mol. The second-order valence-electron chi connectivity index (χ2n) is 7.31. The monoisotopic (exact) mass is 282 g/mol. The van der Waals surface area contributed by atoms with E-state index < -0.39 is 0 Å². The van der Waals surface area contributed by atoms with E-state index in [4.69, 9.17) is 0 Å². The van der Waals surface area contributed by atoms with Crippen LogP contribution in [0.1, 0.15) is 52.4 Å². The van der Waals surface area contributed by atoms with Gasteiger partial charge in [0.2, 0.25) is 5.91 Å². The highest BCUT2D eigenvalue weighted by Crippen LogP contribution is 2.38. The Morgan fingerprint density at radius 3 is 2.60 bits per heavy atom. The van der Waals surface area contributed by atoms with Crippen molar-refractivity contribution in [3.63, 3.8) is 0 Å². The van der Waals surface area contributed by atoms with E-state index in [0.29, 0.717) is 12.5 Å². The first-order chi connectivity index (χ1) is 9.50. The number of nitrogens with one attached hydrogen (secondary N) is 2. The summed E-state index contributed by atoms with van der Waals surface area (Å²) in [6, 6.07) is 0. The molecule has 0 aromatic rings. The number of hydrogen-bond donors (Lipinski definition) is 3. The smallest absolute Gasteiger partial charge is 0.226 e. The molecule has 0 bridgehead atoms. The number of carbonyl (C=O) groups excluding carboxylic acids is 1. The highest BCUT2D eigenvalue weighted by atomic mass is 16.3. The third-order valence-corrected chi connectivity index (χ3v) is 5.53. The summed E-state index contributed by atoms with van der Waals surface area (Å²) in [5, 5.41) is 16.1. The van der Waals surface area contributed by atoms with Gasteiger partial charge in [0.1, 0.15) is 0 Å². The Hall–Kier alpha value is -0.610. The summed E-state index contributed by atoms with van der Waals surface area (Å²) in [6.45, 7) is 6.94. The number of carbonyl (C=O) groups is 1. The van der Waals surface area contributed by atoms with Crippen molar-refractivity contribution in [2.75, 3.05) is 26.2 Å². The fourth-order valence-electron chi connectivity index (χ4n) is 3.66. The van der Waals surface area contributed by atoms with Crippen LogP contribution < -0.4 is 10.6 Å². The summed E-state index contributed by atoms with van der Waals surface area (Å²) in [4.78, 5) is 12.6. The van der Waals surface area contributed by atoms with Crippen molar-refractivity contribution in [2.45, 2.75) is 52.4 Å². The highest BCUT2D eigenvalue weighted by molar-refractivity contribution is 5.82. The molecule has 1 aliphatic heterocycles. The Balaban J connectivity index is 1.89. The summed E-state index contributed by atoms with van der Waals surface area (Å²) in [5.74, 6) is 0.552. The van der Waals surface area contributed by atoms with Crippen molar-refractivity contribution in [3.05, 3.63) is 0 Å². The third kappa shape index (κ3) is 3.34. The van der Waals surface area contributed by atoms with Crippen LogP contribution in [0.4, 0.5) is 0 Å². The molecule has 0 aromatic heterocycles. The quantitative estimate of drug-likeness (QED) is 0.719. The Bertz CT molecular complexity index is 329. The highest BCUT2D eigenvalue weighted by Gasteiger charge is 2.39. The van der Waals surface area contributed by atoms with E-state index in [1.807, 2.05) is 0 Å². The molecule has 2 rings (SSSR count). The summed E-state index contributed by atoms with van der Waals surface area (Å²) in [6.07, 6.45) is 6.70. The molecule has 2 aliphatic rings. The van der Waals surface area contributed by atoms with Crippen LogP contribution >= 0.6 is 0 Å². The van der Waals surface area contributed by atoms with Crippen LogP contribution in [0.3, 0.4) is 0 Å². The Labute approximate surface area is 122 Å². The molecule has 0 radical (unpaired) electrons. The minimum atomic E-state index is -0.331. The van der Waals surface area contributed by atoms with Crippen LogP contribution in [0.25, 0.3) is 0 Å². The molecule has 4 heteroatoms. The lowest BCUT2D eigenvalue weighted by Gasteiger charge is -2.37. The molecule has 1 amide bonds. The Morgan fingerprint density at radius 1 is 1.35 bits per heavy atom. The van der Waals surface area contributed by atoms with Gasteiger partial charge in [-0.15, -0.1) is 0 Å². The van der Waals surface area contributed by atoms with Crippen LogP contribution in [-0.4, -0.2) is 37.3 Å². The molecule has 1 saturated heterocycles. The van der Waals surface area contributed by atoms with Gasteiger partial charge in [-0.1, -0.05) is 26.7 Å². The summed E-state index contributed by atoms with van der Waals surface area (Å²) < 4.78 is 0. The van der Waals surface area contributed by atoms with Gasteiger partial charge in [0.25, 0.3) is 0 Å². The first kappa shape index (κ1) is 15.8. The molecule has 20 heavy (non-hydrogen) atoms. The number of hydrogen-bond acceptors (Lipinski definition) is 3. The molecule has 3 N–H and O–H groups in total. The lowest BCUT2D eigenvalue weighted by Crippen LogP contribution is -2.49. The van der Waals surface area contributed by atoms with E-state index in [9.17, 15) is 9.90 Å². The lowest BCUT2D eigenvalue weighted by atomic mass is 9.74. The molecule has 4 nitrogen and oxygen atoms in total.